The zero-order valence-electron chi connectivity index (χ0n) is 11.7. The van der Waals surface area contributed by atoms with Gasteiger partial charge in [-0.15, -0.1) is 0 Å². The molecule has 0 amide bonds. The largest absolute Gasteiger partial charge is 0.361 e. The van der Waals surface area contributed by atoms with Gasteiger partial charge in [0.05, 0.1) is 0 Å². The van der Waals surface area contributed by atoms with Crippen LogP contribution >= 0.6 is 0 Å². The first-order valence-corrected chi connectivity index (χ1v) is 10.2. The summed E-state index contributed by atoms with van der Waals surface area (Å²) in [6.45, 7) is 8.55. The third kappa shape index (κ3) is 3.23. The number of fused-ring (bicyclic) bond motifs is 1. The molecule has 18 heavy (non-hydrogen) atoms. The lowest BCUT2D eigenvalue weighted by atomic mass is 9.94. The van der Waals surface area contributed by atoms with Gasteiger partial charge in [-0.25, -0.2) is 4.98 Å². The molecule has 5 heteroatoms. The predicted octanol–water partition coefficient (Wildman–Crippen LogP) is 1.61. The van der Waals surface area contributed by atoms with Gasteiger partial charge in [-0.05, 0) is 18.2 Å². The first-order valence-electron chi connectivity index (χ1n) is 6.45. The second-order valence-corrected chi connectivity index (χ2v) is 11.6. The molecule has 0 bridgehead atoms. The molecule has 2 rings (SSSR count). The van der Waals surface area contributed by atoms with Crippen molar-refractivity contribution < 1.29 is 4.74 Å². The molecular weight excluding hydrogens is 239 g/mol. The van der Waals surface area contributed by atoms with E-state index in [0.717, 1.165) is 12.3 Å². The van der Waals surface area contributed by atoms with E-state index in [1.807, 2.05) is 12.3 Å². The van der Waals surface area contributed by atoms with Crippen molar-refractivity contribution in [1.82, 2.24) is 9.55 Å². The van der Waals surface area contributed by atoms with Gasteiger partial charge >= 0.3 is 0 Å². The Labute approximate surface area is 111 Å². The predicted molar refractivity (Wildman–Crippen MR) is 82.0 cm³/mol. The maximum Gasteiger partial charge on any atom is 0.141 e. The summed E-state index contributed by atoms with van der Waals surface area (Å²) in [4.78, 5) is 4.42. The summed E-state index contributed by atoms with van der Waals surface area (Å²) in [5.41, 5.74) is 2.28. The van der Waals surface area contributed by atoms with Crippen LogP contribution in [-0.4, -0.2) is 32.1 Å². The summed E-state index contributed by atoms with van der Waals surface area (Å²) in [5.74, 6) is 0. The number of hydrogen-bond donors (Lipinski definition) is 0. The molecule has 0 aromatic carbocycles. The summed E-state index contributed by atoms with van der Waals surface area (Å²) in [5, 5.41) is 1.21. The molecule has 0 radical (unpaired) electrons. The third-order valence-corrected chi connectivity index (χ3v) is 4.81. The minimum absolute atomic E-state index is 0.602. The quantitative estimate of drug-likeness (QED) is 0.603. The Bertz CT molecular complexity index is 533. The zero-order chi connectivity index (χ0) is 13.2. The van der Waals surface area contributed by atoms with Gasteiger partial charge < -0.3 is 9.30 Å². The zero-order valence-corrected chi connectivity index (χ0v) is 12.7. The van der Waals surface area contributed by atoms with Crippen molar-refractivity contribution in [3.05, 3.63) is 24.5 Å². The second-order valence-electron chi connectivity index (χ2n) is 6.00. The van der Waals surface area contributed by atoms with E-state index in [1.54, 1.807) is 0 Å². The standard InChI is InChI=1S/C13H21BN2OSi/c1-18(2,3)9-8-17-10-16-7-5-11-12(14)4-6-15-13(11)16/h4-7H,8-10,14H2,1-3H3. The van der Waals surface area contributed by atoms with Gasteiger partial charge in [-0.1, -0.05) is 25.1 Å². The van der Waals surface area contributed by atoms with Gasteiger partial charge in [0.2, 0.25) is 0 Å². The van der Waals surface area contributed by atoms with E-state index >= 15 is 0 Å². The first-order chi connectivity index (χ1) is 8.47. The van der Waals surface area contributed by atoms with Crippen LogP contribution in [0, 0.1) is 0 Å². The van der Waals surface area contributed by atoms with Crippen molar-refractivity contribution in [2.24, 2.45) is 0 Å². The molecule has 0 fully saturated rings. The van der Waals surface area contributed by atoms with Gasteiger partial charge in [-0.3, -0.25) is 0 Å². The molecule has 0 spiro atoms. The Balaban J connectivity index is 1.98. The number of aromatic nitrogens is 2. The first kappa shape index (κ1) is 13.4. The smallest absolute Gasteiger partial charge is 0.141 e. The van der Waals surface area contributed by atoms with E-state index in [2.05, 4.69) is 49.3 Å². The Morgan fingerprint density at radius 3 is 2.83 bits per heavy atom. The molecule has 0 aliphatic rings. The van der Waals surface area contributed by atoms with E-state index in [-0.39, 0.29) is 0 Å². The minimum atomic E-state index is -0.992. The van der Waals surface area contributed by atoms with E-state index < -0.39 is 8.07 Å². The van der Waals surface area contributed by atoms with E-state index in [9.17, 15) is 0 Å². The number of hydrogen-bond acceptors (Lipinski definition) is 2. The van der Waals surface area contributed by atoms with E-state index in [4.69, 9.17) is 4.74 Å². The Morgan fingerprint density at radius 1 is 1.33 bits per heavy atom. The second kappa shape index (κ2) is 5.28. The monoisotopic (exact) mass is 260 g/mol. The SMILES string of the molecule is Bc1ccnc2c1ccn2COCC[Si](C)(C)C. The molecule has 2 aromatic rings. The van der Waals surface area contributed by atoms with Crippen LogP contribution < -0.4 is 5.46 Å². The number of pyridine rings is 1. The van der Waals surface area contributed by atoms with E-state index in [1.165, 1.54) is 16.9 Å². The fraction of sp³-hybridized carbons (Fsp3) is 0.462. The van der Waals surface area contributed by atoms with Crippen LogP contribution in [0.15, 0.2) is 24.5 Å². The lowest BCUT2D eigenvalue weighted by Crippen LogP contribution is -2.22. The highest BCUT2D eigenvalue weighted by atomic mass is 28.3. The van der Waals surface area contributed by atoms with Crippen LogP contribution in [0.1, 0.15) is 0 Å². The molecule has 2 aromatic heterocycles. The number of nitrogens with zero attached hydrogens (tertiary/aromatic N) is 2. The molecule has 2 heterocycles. The van der Waals surface area contributed by atoms with Crippen molar-refractivity contribution in [3.63, 3.8) is 0 Å². The Morgan fingerprint density at radius 2 is 2.11 bits per heavy atom. The molecule has 96 valence electrons. The minimum Gasteiger partial charge on any atom is -0.361 e. The summed E-state index contributed by atoms with van der Waals surface area (Å²) in [7, 11) is 1.12. The fourth-order valence-corrected chi connectivity index (χ4v) is 2.63. The molecular formula is C13H21BN2OSi. The molecule has 0 saturated carbocycles. The normalized spacial score (nSPS) is 12.2. The highest BCUT2D eigenvalue weighted by Gasteiger charge is 2.12. The van der Waals surface area contributed by atoms with Crippen LogP contribution in [-0.2, 0) is 11.5 Å². The maximum atomic E-state index is 5.76. The molecule has 0 N–H and O–H groups in total. The van der Waals surface area contributed by atoms with Crippen LogP contribution in [0.5, 0.6) is 0 Å². The number of ether oxygens (including phenoxy) is 1. The Kier molecular flexibility index (Phi) is 3.92. The van der Waals surface area contributed by atoms with Crippen LogP contribution in [0.25, 0.3) is 11.0 Å². The van der Waals surface area contributed by atoms with Gasteiger partial charge in [0.1, 0.15) is 20.2 Å². The van der Waals surface area contributed by atoms with Crippen molar-refractivity contribution >= 4 is 32.4 Å². The summed E-state index contributed by atoms with van der Waals surface area (Å²) >= 11 is 0. The maximum absolute atomic E-state index is 5.76. The van der Waals surface area contributed by atoms with E-state index in [0.29, 0.717) is 6.73 Å². The van der Waals surface area contributed by atoms with Crippen molar-refractivity contribution in [2.45, 2.75) is 32.4 Å². The van der Waals surface area contributed by atoms with Crippen molar-refractivity contribution in [1.29, 1.82) is 0 Å². The summed E-state index contributed by atoms with van der Waals surface area (Å²) < 4.78 is 7.84. The topological polar surface area (TPSA) is 27.1 Å². The van der Waals surface area contributed by atoms with Gasteiger partial charge in [0.25, 0.3) is 0 Å². The molecule has 0 atom stereocenters. The molecule has 0 saturated heterocycles. The highest BCUT2D eigenvalue weighted by molar-refractivity contribution is 6.76. The molecule has 0 aliphatic carbocycles. The lowest BCUT2D eigenvalue weighted by Gasteiger charge is -2.15. The molecule has 0 aliphatic heterocycles. The summed E-state index contributed by atoms with van der Waals surface area (Å²) in [6.07, 6.45) is 3.91. The van der Waals surface area contributed by atoms with Crippen LogP contribution in [0.3, 0.4) is 0 Å². The highest BCUT2D eigenvalue weighted by Crippen LogP contribution is 2.11. The molecule has 0 unspecified atom stereocenters. The average Bonchev–Trinajstić information content (AvgIpc) is 2.68. The lowest BCUT2D eigenvalue weighted by molar-refractivity contribution is 0.0899. The van der Waals surface area contributed by atoms with Crippen molar-refractivity contribution in [2.75, 3.05) is 6.61 Å². The Hall–Kier alpha value is -1.07. The average molecular weight is 260 g/mol. The van der Waals surface area contributed by atoms with Crippen LogP contribution in [0.4, 0.5) is 0 Å². The van der Waals surface area contributed by atoms with Gasteiger partial charge in [-0.2, -0.15) is 0 Å². The van der Waals surface area contributed by atoms with Crippen LogP contribution in [0.2, 0.25) is 25.7 Å². The van der Waals surface area contributed by atoms with Gasteiger partial charge in [0.15, 0.2) is 0 Å². The van der Waals surface area contributed by atoms with Crippen molar-refractivity contribution in [3.8, 4) is 0 Å². The molecule has 3 nitrogen and oxygen atoms in total. The van der Waals surface area contributed by atoms with Gasteiger partial charge in [0, 0.05) is 32.5 Å². The summed E-state index contributed by atoms with van der Waals surface area (Å²) in [6, 6.07) is 5.36. The number of rotatable bonds is 5. The third-order valence-electron chi connectivity index (χ3n) is 3.11. The fourth-order valence-electron chi connectivity index (χ4n) is 1.87.